The van der Waals surface area contributed by atoms with Crippen LogP contribution in [0.2, 0.25) is 0 Å². The lowest BCUT2D eigenvalue weighted by molar-refractivity contribution is -0.0700. The van der Waals surface area contributed by atoms with Crippen LogP contribution >= 0.6 is 0 Å². The molecule has 1 aromatic carbocycles. The molecule has 0 heterocycles. The summed E-state index contributed by atoms with van der Waals surface area (Å²) in [5.41, 5.74) is 0.535. The molecular weight excluding hydrogens is 304 g/mol. The minimum absolute atomic E-state index is 0.0460. The summed E-state index contributed by atoms with van der Waals surface area (Å²) in [4.78, 5) is 11.9. The number of benzene rings is 1. The number of rotatable bonds is 10. The van der Waals surface area contributed by atoms with Crippen molar-refractivity contribution in [2.24, 2.45) is 0 Å². The van der Waals surface area contributed by atoms with E-state index in [9.17, 15) is 4.79 Å². The third kappa shape index (κ3) is 7.57. The standard InChI is InChI=1S/C20H28O4/c1-6-18(23-15(2)3)19(24-16(4)5)13-10-14-22-20(21)17-11-8-7-9-12-17/h6-13,15-16,18-19H,1,14H2,2-5H3/b13-10-/t18-,19+/m0/s1. The van der Waals surface area contributed by atoms with Crippen molar-refractivity contribution >= 4 is 5.97 Å². The van der Waals surface area contributed by atoms with E-state index in [4.69, 9.17) is 14.2 Å². The fourth-order valence-corrected chi connectivity index (χ4v) is 2.10. The van der Waals surface area contributed by atoms with Gasteiger partial charge in [-0.15, -0.1) is 6.58 Å². The lowest BCUT2D eigenvalue weighted by Crippen LogP contribution is -2.32. The third-order valence-electron chi connectivity index (χ3n) is 3.06. The molecule has 0 N–H and O–H groups in total. The number of carbonyl (C=O) groups excluding carboxylic acids is 1. The molecule has 1 aromatic rings. The van der Waals surface area contributed by atoms with Gasteiger partial charge >= 0.3 is 5.97 Å². The van der Waals surface area contributed by atoms with E-state index in [2.05, 4.69) is 6.58 Å². The molecule has 0 fully saturated rings. The van der Waals surface area contributed by atoms with Gasteiger partial charge in [0, 0.05) is 0 Å². The number of hydrogen-bond donors (Lipinski definition) is 0. The molecule has 0 aliphatic carbocycles. The molecule has 0 unspecified atom stereocenters. The molecule has 0 bridgehead atoms. The molecule has 1 rings (SSSR count). The largest absolute Gasteiger partial charge is 0.458 e. The highest BCUT2D eigenvalue weighted by Gasteiger charge is 2.20. The summed E-state index contributed by atoms with van der Waals surface area (Å²) in [5, 5.41) is 0. The van der Waals surface area contributed by atoms with E-state index in [0.717, 1.165) is 0 Å². The first kappa shape index (κ1) is 20.1. The molecule has 2 atom stereocenters. The number of hydrogen-bond acceptors (Lipinski definition) is 4. The Kier molecular flexibility index (Phi) is 9.05. The highest BCUT2D eigenvalue weighted by atomic mass is 16.6. The van der Waals surface area contributed by atoms with Gasteiger partial charge in [0.1, 0.15) is 18.8 Å². The molecule has 0 saturated carbocycles. The smallest absolute Gasteiger partial charge is 0.338 e. The predicted molar refractivity (Wildman–Crippen MR) is 96.1 cm³/mol. The molecule has 24 heavy (non-hydrogen) atoms. The van der Waals surface area contributed by atoms with Gasteiger partial charge in [-0.05, 0) is 45.9 Å². The number of ether oxygens (including phenoxy) is 3. The van der Waals surface area contributed by atoms with Crippen LogP contribution < -0.4 is 0 Å². The normalized spacial score (nSPS) is 14.1. The van der Waals surface area contributed by atoms with Gasteiger partial charge in [0.2, 0.25) is 0 Å². The lowest BCUT2D eigenvalue weighted by atomic mass is 10.1. The Labute approximate surface area is 145 Å². The average Bonchev–Trinajstić information content (AvgIpc) is 2.55. The molecule has 4 nitrogen and oxygen atoms in total. The van der Waals surface area contributed by atoms with Gasteiger partial charge in [0.05, 0.1) is 17.8 Å². The fourth-order valence-electron chi connectivity index (χ4n) is 2.10. The maximum absolute atomic E-state index is 11.9. The molecule has 0 spiro atoms. The fraction of sp³-hybridized carbons (Fsp3) is 0.450. The first-order valence-electron chi connectivity index (χ1n) is 8.26. The van der Waals surface area contributed by atoms with Crippen LogP contribution in [0.1, 0.15) is 38.1 Å². The Balaban J connectivity index is 2.60. The van der Waals surface area contributed by atoms with Crippen molar-refractivity contribution in [1.29, 1.82) is 0 Å². The molecule has 0 saturated heterocycles. The molecule has 0 radical (unpaired) electrons. The first-order valence-corrected chi connectivity index (χ1v) is 8.26. The van der Waals surface area contributed by atoms with Crippen LogP contribution in [0, 0.1) is 0 Å². The van der Waals surface area contributed by atoms with E-state index in [1.54, 1.807) is 36.4 Å². The topological polar surface area (TPSA) is 44.8 Å². The van der Waals surface area contributed by atoms with Crippen molar-refractivity contribution in [3.05, 3.63) is 60.7 Å². The van der Waals surface area contributed by atoms with E-state index >= 15 is 0 Å². The zero-order chi connectivity index (χ0) is 17.9. The Hall–Kier alpha value is -1.91. The van der Waals surface area contributed by atoms with E-state index in [1.165, 1.54) is 0 Å². The van der Waals surface area contributed by atoms with Crippen molar-refractivity contribution in [1.82, 2.24) is 0 Å². The van der Waals surface area contributed by atoms with Crippen LogP contribution in [-0.2, 0) is 14.2 Å². The minimum Gasteiger partial charge on any atom is -0.458 e. The maximum Gasteiger partial charge on any atom is 0.338 e. The second kappa shape index (κ2) is 10.8. The Bertz CT molecular complexity index is 520. The maximum atomic E-state index is 11.9. The number of carbonyl (C=O) groups is 1. The van der Waals surface area contributed by atoms with E-state index in [0.29, 0.717) is 5.56 Å². The molecule has 0 aliphatic heterocycles. The quantitative estimate of drug-likeness (QED) is 0.476. The second-order valence-corrected chi connectivity index (χ2v) is 5.93. The van der Waals surface area contributed by atoms with Crippen molar-refractivity contribution in [2.45, 2.75) is 52.1 Å². The summed E-state index contributed by atoms with van der Waals surface area (Å²) in [5.74, 6) is -0.347. The lowest BCUT2D eigenvalue weighted by Gasteiger charge is -2.26. The predicted octanol–water partition coefficient (Wildman–Crippen LogP) is 4.17. The van der Waals surface area contributed by atoms with Gasteiger partial charge in [-0.3, -0.25) is 0 Å². The Morgan fingerprint density at radius 2 is 1.62 bits per heavy atom. The summed E-state index contributed by atoms with van der Waals surface area (Å²) in [7, 11) is 0. The SMILES string of the molecule is C=C[C@H](OC(C)C)[C@@H](/C=C\COC(=O)c1ccccc1)OC(C)C. The van der Waals surface area contributed by atoms with E-state index < -0.39 is 0 Å². The highest BCUT2D eigenvalue weighted by Crippen LogP contribution is 2.12. The van der Waals surface area contributed by atoms with Crippen molar-refractivity contribution in [3.8, 4) is 0 Å². The van der Waals surface area contributed by atoms with Crippen LogP contribution in [0.3, 0.4) is 0 Å². The van der Waals surface area contributed by atoms with Crippen LogP contribution in [0.5, 0.6) is 0 Å². The van der Waals surface area contributed by atoms with Crippen LogP contribution in [0.25, 0.3) is 0 Å². The molecule has 0 amide bonds. The van der Waals surface area contributed by atoms with Crippen molar-refractivity contribution in [2.75, 3.05) is 6.61 Å². The van der Waals surface area contributed by atoms with Gasteiger partial charge in [0.25, 0.3) is 0 Å². The molecular formula is C20H28O4. The molecule has 4 heteroatoms. The summed E-state index contributed by atoms with van der Waals surface area (Å²) in [6, 6.07) is 8.91. The van der Waals surface area contributed by atoms with E-state index in [-0.39, 0.29) is 37.0 Å². The Morgan fingerprint density at radius 3 is 2.17 bits per heavy atom. The summed E-state index contributed by atoms with van der Waals surface area (Å²) >= 11 is 0. The minimum atomic E-state index is -0.347. The van der Waals surface area contributed by atoms with Crippen LogP contribution in [-0.4, -0.2) is 37.0 Å². The molecule has 132 valence electrons. The van der Waals surface area contributed by atoms with Crippen LogP contribution in [0.15, 0.2) is 55.1 Å². The number of esters is 1. The highest BCUT2D eigenvalue weighted by molar-refractivity contribution is 5.89. The van der Waals surface area contributed by atoms with Gasteiger partial charge in [-0.25, -0.2) is 4.79 Å². The Morgan fingerprint density at radius 1 is 1.04 bits per heavy atom. The molecule has 0 aliphatic rings. The molecule has 0 aromatic heterocycles. The summed E-state index contributed by atoms with van der Waals surface area (Å²) in [6.45, 7) is 11.9. The third-order valence-corrected chi connectivity index (χ3v) is 3.06. The summed E-state index contributed by atoms with van der Waals surface area (Å²) in [6.07, 6.45) is 4.93. The van der Waals surface area contributed by atoms with Gasteiger partial charge in [-0.1, -0.05) is 30.4 Å². The second-order valence-electron chi connectivity index (χ2n) is 5.93. The van der Waals surface area contributed by atoms with E-state index in [1.807, 2.05) is 39.8 Å². The van der Waals surface area contributed by atoms with Crippen LogP contribution in [0.4, 0.5) is 0 Å². The van der Waals surface area contributed by atoms with Gasteiger partial charge in [0.15, 0.2) is 0 Å². The first-order chi connectivity index (χ1) is 11.4. The summed E-state index contributed by atoms with van der Waals surface area (Å²) < 4.78 is 16.9. The van der Waals surface area contributed by atoms with Gasteiger partial charge in [-0.2, -0.15) is 0 Å². The van der Waals surface area contributed by atoms with Crippen molar-refractivity contribution in [3.63, 3.8) is 0 Å². The zero-order valence-electron chi connectivity index (χ0n) is 15.0. The van der Waals surface area contributed by atoms with Crippen molar-refractivity contribution < 1.29 is 19.0 Å². The van der Waals surface area contributed by atoms with Gasteiger partial charge < -0.3 is 14.2 Å². The zero-order valence-corrected chi connectivity index (χ0v) is 15.0. The monoisotopic (exact) mass is 332 g/mol. The average molecular weight is 332 g/mol.